The van der Waals surface area contributed by atoms with Crippen LogP contribution in [0.2, 0.25) is 0 Å². The Morgan fingerprint density at radius 3 is 2.94 bits per heavy atom. The summed E-state index contributed by atoms with van der Waals surface area (Å²) in [5, 5.41) is 5.21. The molecule has 5 nitrogen and oxygen atoms in total. The molecule has 0 bridgehead atoms. The first-order valence-electron chi connectivity index (χ1n) is 5.51. The number of benzene rings is 1. The molecule has 18 heavy (non-hydrogen) atoms. The largest absolute Gasteiger partial charge is 0.494 e. The van der Waals surface area contributed by atoms with E-state index in [0.29, 0.717) is 12.2 Å². The summed E-state index contributed by atoms with van der Waals surface area (Å²) in [4.78, 5) is 22.9. The minimum atomic E-state index is -0.442. The number of hydrogen-bond donors (Lipinski definition) is 2. The highest BCUT2D eigenvalue weighted by Crippen LogP contribution is 2.26. The van der Waals surface area contributed by atoms with Crippen LogP contribution in [-0.2, 0) is 9.59 Å². The Labute approximate surface area is 103 Å². The third-order valence-corrected chi connectivity index (χ3v) is 2.77. The molecule has 1 aromatic carbocycles. The van der Waals surface area contributed by atoms with Gasteiger partial charge in [0.25, 0.3) is 0 Å². The van der Waals surface area contributed by atoms with E-state index in [2.05, 4.69) is 10.6 Å². The predicted octanol–water partition coefficient (Wildman–Crippen LogP) is 0.909. The van der Waals surface area contributed by atoms with E-state index >= 15 is 0 Å². The third kappa shape index (κ3) is 2.58. The molecule has 1 fully saturated rings. The molecule has 1 saturated heterocycles. The van der Waals surface area contributed by atoms with Gasteiger partial charge in [-0.25, -0.2) is 4.39 Å². The average Bonchev–Trinajstić information content (AvgIpc) is 2.78. The van der Waals surface area contributed by atoms with Crippen LogP contribution in [0, 0.1) is 11.7 Å². The molecule has 6 heteroatoms. The Kier molecular flexibility index (Phi) is 3.45. The van der Waals surface area contributed by atoms with Crippen molar-refractivity contribution in [3.05, 3.63) is 24.0 Å². The Morgan fingerprint density at radius 1 is 1.56 bits per heavy atom. The number of ether oxygens (including phenoxy) is 1. The highest BCUT2D eigenvalue weighted by Gasteiger charge is 2.28. The van der Waals surface area contributed by atoms with Crippen LogP contribution in [-0.4, -0.2) is 25.5 Å². The van der Waals surface area contributed by atoms with E-state index in [9.17, 15) is 14.0 Å². The van der Waals surface area contributed by atoms with E-state index in [-0.39, 0.29) is 24.0 Å². The summed E-state index contributed by atoms with van der Waals surface area (Å²) < 4.78 is 17.9. The molecule has 1 aromatic rings. The quantitative estimate of drug-likeness (QED) is 0.840. The number of nitrogens with one attached hydrogen (secondary N) is 2. The lowest BCUT2D eigenvalue weighted by Crippen LogP contribution is -2.24. The Hall–Kier alpha value is -2.11. The normalized spacial score (nSPS) is 18.3. The van der Waals surface area contributed by atoms with Crippen LogP contribution in [0.3, 0.4) is 0 Å². The summed E-state index contributed by atoms with van der Waals surface area (Å²) in [6.07, 6.45) is 0.176. The van der Waals surface area contributed by atoms with Crippen molar-refractivity contribution >= 4 is 17.5 Å². The number of carbonyl (C=O) groups is 2. The highest BCUT2D eigenvalue weighted by molar-refractivity contribution is 5.98. The van der Waals surface area contributed by atoms with Gasteiger partial charge in [0.1, 0.15) is 11.6 Å². The van der Waals surface area contributed by atoms with Crippen molar-refractivity contribution in [1.82, 2.24) is 5.32 Å². The molecule has 2 rings (SSSR count). The van der Waals surface area contributed by atoms with Crippen molar-refractivity contribution in [1.29, 1.82) is 0 Å². The molecular formula is C12H13FN2O3. The lowest BCUT2D eigenvalue weighted by Gasteiger charge is -2.12. The van der Waals surface area contributed by atoms with Crippen LogP contribution in [0.5, 0.6) is 5.75 Å². The van der Waals surface area contributed by atoms with Gasteiger partial charge in [-0.1, -0.05) is 0 Å². The maximum atomic E-state index is 13.0. The van der Waals surface area contributed by atoms with Crippen LogP contribution in [0.4, 0.5) is 10.1 Å². The summed E-state index contributed by atoms with van der Waals surface area (Å²) in [6.45, 7) is 0.328. The fourth-order valence-electron chi connectivity index (χ4n) is 1.79. The van der Waals surface area contributed by atoms with E-state index in [4.69, 9.17) is 4.74 Å². The Morgan fingerprint density at radius 2 is 2.33 bits per heavy atom. The molecule has 0 spiro atoms. The maximum Gasteiger partial charge on any atom is 0.229 e. The Balaban J connectivity index is 2.09. The summed E-state index contributed by atoms with van der Waals surface area (Å²) in [5.74, 6) is -1.00. The molecule has 1 aliphatic rings. The maximum absolute atomic E-state index is 13.0. The van der Waals surface area contributed by atoms with Crippen molar-refractivity contribution in [3.63, 3.8) is 0 Å². The van der Waals surface area contributed by atoms with Gasteiger partial charge in [0.2, 0.25) is 11.8 Å². The second-order valence-electron chi connectivity index (χ2n) is 4.04. The standard InChI is InChI=1S/C12H13FN2O3/c1-18-10-5-8(13)2-3-9(10)15-12(17)7-4-11(16)14-6-7/h2-3,5,7H,4,6H2,1H3,(H,14,16)(H,15,17). The molecule has 96 valence electrons. The van der Waals surface area contributed by atoms with Gasteiger partial charge in [-0.15, -0.1) is 0 Å². The highest BCUT2D eigenvalue weighted by atomic mass is 19.1. The lowest BCUT2D eigenvalue weighted by molar-refractivity contribution is -0.123. The average molecular weight is 252 g/mol. The molecule has 0 aliphatic carbocycles. The molecule has 1 unspecified atom stereocenters. The molecule has 2 amide bonds. The predicted molar refractivity (Wildman–Crippen MR) is 62.7 cm³/mol. The van der Waals surface area contributed by atoms with Crippen molar-refractivity contribution in [2.75, 3.05) is 19.0 Å². The van der Waals surface area contributed by atoms with Gasteiger partial charge in [0, 0.05) is 19.0 Å². The van der Waals surface area contributed by atoms with Crippen LogP contribution in [0.25, 0.3) is 0 Å². The van der Waals surface area contributed by atoms with Crippen LogP contribution >= 0.6 is 0 Å². The number of methoxy groups -OCH3 is 1. The van der Waals surface area contributed by atoms with E-state index in [1.54, 1.807) is 0 Å². The van der Waals surface area contributed by atoms with E-state index in [1.165, 1.54) is 25.3 Å². The van der Waals surface area contributed by atoms with Crippen LogP contribution < -0.4 is 15.4 Å². The summed E-state index contributed by atoms with van der Waals surface area (Å²) >= 11 is 0. The first-order chi connectivity index (χ1) is 8.60. The summed E-state index contributed by atoms with van der Waals surface area (Å²) in [5.41, 5.74) is 0.392. The zero-order chi connectivity index (χ0) is 13.1. The smallest absolute Gasteiger partial charge is 0.229 e. The topological polar surface area (TPSA) is 67.4 Å². The fraction of sp³-hybridized carbons (Fsp3) is 0.333. The number of amides is 2. The minimum Gasteiger partial charge on any atom is -0.494 e. The minimum absolute atomic E-state index is 0.138. The van der Waals surface area contributed by atoms with Crippen molar-refractivity contribution in [3.8, 4) is 5.75 Å². The van der Waals surface area contributed by atoms with Crippen LogP contribution in [0.1, 0.15) is 6.42 Å². The van der Waals surface area contributed by atoms with Gasteiger partial charge in [-0.2, -0.15) is 0 Å². The molecule has 1 atom stereocenters. The number of anilines is 1. The molecular weight excluding hydrogens is 239 g/mol. The number of halogens is 1. The molecule has 2 N–H and O–H groups in total. The second kappa shape index (κ2) is 5.03. The third-order valence-electron chi connectivity index (χ3n) is 2.77. The first-order valence-corrected chi connectivity index (χ1v) is 5.51. The summed E-state index contributed by atoms with van der Waals surface area (Å²) in [7, 11) is 1.39. The monoisotopic (exact) mass is 252 g/mol. The number of hydrogen-bond acceptors (Lipinski definition) is 3. The molecule has 0 radical (unpaired) electrons. The number of rotatable bonds is 3. The molecule has 1 heterocycles. The van der Waals surface area contributed by atoms with Crippen molar-refractivity contribution in [2.45, 2.75) is 6.42 Å². The first kappa shape index (κ1) is 12.3. The SMILES string of the molecule is COc1cc(F)ccc1NC(=O)C1CNC(=O)C1. The van der Waals surface area contributed by atoms with Crippen molar-refractivity contribution in [2.24, 2.45) is 5.92 Å². The summed E-state index contributed by atoms with van der Waals surface area (Å²) in [6, 6.07) is 3.85. The van der Waals surface area contributed by atoms with Crippen molar-refractivity contribution < 1.29 is 18.7 Å². The fourth-order valence-corrected chi connectivity index (χ4v) is 1.79. The Bertz CT molecular complexity index is 490. The van der Waals surface area contributed by atoms with E-state index in [1.807, 2.05) is 0 Å². The lowest BCUT2D eigenvalue weighted by atomic mass is 10.1. The second-order valence-corrected chi connectivity index (χ2v) is 4.04. The van der Waals surface area contributed by atoms with Gasteiger partial charge in [-0.05, 0) is 12.1 Å². The van der Waals surface area contributed by atoms with Gasteiger partial charge in [0.05, 0.1) is 18.7 Å². The van der Waals surface area contributed by atoms with E-state index in [0.717, 1.165) is 0 Å². The van der Waals surface area contributed by atoms with Gasteiger partial charge in [-0.3, -0.25) is 9.59 Å². The van der Waals surface area contributed by atoms with Gasteiger partial charge >= 0.3 is 0 Å². The number of carbonyl (C=O) groups excluding carboxylic acids is 2. The van der Waals surface area contributed by atoms with E-state index < -0.39 is 11.7 Å². The van der Waals surface area contributed by atoms with Crippen LogP contribution in [0.15, 0.2) is 18.2 Å². The molecule has 0 saturated carbocycles. The molecule has 1 aliphatic heterocycles. The van der Waals surface area contributed by atoms with Gasteiger partial charge in [0.15, 0.2) is 0 Å². The zero-order valence-corrected chi connectivity index (χ0v) is 9.83. The van der Waals surface area contributed by atoms with Gasteiger partial charge < -0.3 is 15.4 Å². The molecule has 0 aromatic heterocycles. The zero-order valence-electron chi connectivity index (χ0n) is 9.83.